The van der Waals surface area contributed by atoms with E-state index in [2.05, 4.69) is 39.3 Å². The van der Waals surface area contributed by atoms with Gasteiger partial charge in [-0.3, -0.25) is 4.90 Å². The van der Waals surface area contributed by atoms with Crippen molar-refractivity contribution in [2.45, 2.75) is 24.9 Å². The normalized spacial score (nSPS) is 18.9. The molecule has 1 aliphatic rings. The molecule has 0 spiro atoms. The summed E-state index contributed by atoms with van der Waals surface area (Å²) in [6, 6.07) is 3.25. The van der Waals surface area contributed by atoms with E-state index in [1.807, 2.05) is 0 Å². The molecule has 1 aromatic heterocycles. The molecule has 2 nitrogen and oxygen atoms in total. The standard InChI is InChI=1S/C10H15BrN2S/c1-13(7-2-3-7)9(6-12)10-8(11)4-5-14-10/h4-5,7,9H,2-3,6,12H2,1H3. The Morgan fingerprint density at radius 3 is 2.86 bits per heavy atom. The monoisotopic (exact) mass is 274 g/mol. The van der Waals surface area contributed by atoms with Crippen LogP contribution < -0.4 is 5.73 Å². The molecule has 2 N–H and O–H groups in total. The van der Waals surface area contributed by atoms with Crippen molar-refractivity contribution < 1.29 is 0 Å². The van der Waals surface area contributed by atoms with Crippen molar-refractivity contribution in [2.75, 3.05) is 13.6 Å². The van der Waals surface area contributed by atoms with Gasteiger partial charge in [0.25, 0.3) is 0 Å². The summed E-state index contributed by atoms with van der Waals surface area (Å²) in [4.78, 5) is 3.78. The number of hydrogen-bond acceptors (Lipinski definition) is 3. The van der Waals surface area contributed by atoms with Crippen LogP contribution in [-0.2, 0) is 0 Å². The fourth-order valence-corrected chi connectivity index (χ4v) is 3.54. The summed E-state index contributed by atoms with van der Waals surface area (Å²) in [6.45, 7) is 0.701. The fourth-order valence-electron chi connectivity index (χ4n) is 1.74. The van der Waals surface area contributed by atoms with Crippen molar-refractivity contribution in [2.24, 2.45) is 5.73 Å². The molecule has 0 bridgehead atoms. The zero-order valence-electron chi connectivity index (χ0n) is 8.24. The maximum atomic E-state index is 5.84. The van der Waals surface area contributed by atoms with Crippen LogP contribution in [-0.4, -0.2) is 24.5 Å². The topological polar surface area (TPSA) is 29.3 Å². The number of halogens is 1. The lowest BCUT2D eigenvalue weighted by Crippen LogP contribution is -2.31. The van der Waals surface area contributed by atoms with Gasteiger partial charge in [0.05, 0.1) is 6.04 Å². The molecule has 1 fully saturated rings. The largest absolute Gasteiger partial charge is 0.329 e. The molecular formula is C10H15BrN2S. The number of nitrogens with two attached hydrogens (primary N) is 1. The van der Waals surface area contributed by atoms with Gasteiger partial charge in [-0.05, 0) is 47.3 Å². The maximum Gasteiger partial charge on any atom is 0.0575 e. The first kappa shape index (κ1) is 10.6. The highest BCUT2D eigenvalue weighted by Gasteiger charge is 2.32. The molecule has 0 amide bonds. The predicted octanol–water partition coefficient (Wildman–Crippen LogP) is 2.60. The molecule has 2 rings (SSSR count). The highest BCUT2D eigenvalue weighted by Crippen LogP contribution is 2.37. The average Bonchev–Trinajstić information content (AvgIpc) is 2.94. The van der Waals surface area contributed by atoms with E-state index < -0.39 is 0 Å². The van der Waals surface area contributed by atoms with Gasteiger partial charge in [0.1, 0.15) is 0 Å². The Bertz CT molecular complexity index is 309. The van der Waals surface area contributed by atoms with E-state index in [9.17, 15) is 0 Å². The van der Waals surface area contributed by atoms with Gasteiger partial charge in [-0.15, -0.1) is 11.3 Å². The Morgan fingerprint density at radius 2 is 2.43 bits per heavy atom. The molecule has 14 heavy (non-hydrogen) atoms. The molecular weight excluding hydrogens is 260 g/mol. The van der Waals surface area contributed by atoms with Gasteiger partial charge in [0, 0.05) is 21.9 Å². The zero-order chi connectivity index (χ0) is 10.1. The Hall–Kier alpha value is 0.100. The quantitative estimate of drug-likeness (QED) is 0.915. The Morgan fingerprint density at radius 1 is 1.71 bits per heavy atom. The van der Waals surface area contributed by atoms with Gasteiger partial charge < -0.3 is 5.73 Å². The summed E-state index contributed by atoms with van der Waals surface area (Å²) in [5.74, 6) is 0. The van der Waals surface area contributed by atoms with E-state index >= 15 is 0 Å². The molecule has 0 aliphatic heterocycles. The van der Waals surface area contributed by atoms with Gasteiger partial charge in [0.2, 0.25) is 0 Å². The molecule has 1 heterocycles. The molecule has 0 aromatic carbocycles. The molecule has 78 valence electrons. The molecule has 1 aliphatic carbocycles. The number of nitrogens with zero attached hydrogens (tertiary/aromatic N) is 1. The van der Waals surface area contributed by atoms with Gasteiger partial charge in [-0.2, -0.15) is 0 Å². The molecule has 1 atom stereocenters. The van der Waals surface area contributed by atoms with E-state index in [-0.39, 0.29) is 0 Å². The van der Waals surface area contributed by atoms with E-state index in [1.165, 1.54) is 22.2 Å². The second-order valence-electron chi connectivity index (χ2n) is 3.78. The smallest absolute Gasteiger partial charge is 0.0575 e. The van der Waals surface area contributed by atoms with Crippen molar-refractivity contribution in [3.63, 3.8) is 0 Å². The lowest BCUT2D eigenvalue weighted by atomic mass is 10.2. The molecule has 1 unspecified atom stereocenters. The fraction of sp³-hybridized carbons (Fsp3) is 0.600. The summed E-state index contributed by atoms with van der Waals surface area (Å²) in [6.07, 6.45) is 2.66. The molecule has 0 radical (unpaired) electrons. The van der Waals surface area contributed by atoms with Gasteiger partial charge in [-0.25, -0.2) is 0 Å². The zero-order valence-corrected chi connectivity index (χ0v) is 10.6. The first-order chi connectivity index (χ1) is 6.74. The van der Waals surface area contributed by atoms with Crippen LogP contribution in [0.4, 0.5) is 0 Å². The minimum absolute atomic E-state index is 0.386. The van der Waals surface area contributed by atoms with Gasteiger partial charge in [0.15, 0.2) is 0 Å². The lowest BCUT2D eigenvalue weighted by molar-refractivity contribution is 0.243. The lowest BCUT2D eigenvalue weighted by Gasteiger charge is -2.26. The molecule has 4 heteroatoms. The summed E-state index contributed by atoms with van der Waals surface area (Å²) in [7, 11) is 2.18. The number of hydrogen-bond donors (Lipinski definition) is 1. The predicted molar refractivity (Wildman–Crippen MR) is 64.6 cm³/mol. The van der Waals surface area contributed by atoms with Crippen molar-refractivity contribution in [1.29, 1.82) is 0 Å². The van der Waals surface area contributed by atoms with E-state index in [4.69, 9.17) is 5.73 Å². The van der Waals surface area contributed by atoms with Crippen LogP contribution in [0.5, 0.6) is 0 Å². The first-order valence-corrected chi connectivity index (χ1v) is 6.56. The highest BCUT2D eigenvalue weighted by atomic mass is 79.9. The summed E-state index contributed by atoms with van der Waals surface area (Å²) in [5.41, 5.74) is 5.84. The molecule has 0 saturated heterocycles. The first-order valence-electron chi connectivity index (χ1n) is 4.89. The van der Waals surface area contributed by atoms with Crippen molar-refractivity contribution in [1.82, 2.24) is 4.90 Å². The van der Waals surface area contributed by atoms with Crippen LogP contribution in [0.1, 0.15) is 23.8 Å². The second kappa shape index (κ2) is 4.31. The average molecular weight is 275 g/mol. The third kappa shape index (κ3) is 2.03. The van der Waals surface area contributed by atoms with Crippen LogP contribution in [0.25, 0.3) is 0 Å². The second-order valence-corrected chi connectivity index (χ2v) is 5.58. The number of rotatable bonds is 4. The number of thiophene rings is 1. The van der Waals surface area contributed by atoms with Crippen LogP contribution in [0.3, 0.4) is 0 Å². The van der Waals surface area contributed by atoms with E-state index in [0.717, 1.165) is 6.04 Å². The SMILES string of the molecule is CN(C1CC1)C(CN)c1sccc1Br. The third-order valence-electron chi connectivity index (χ3n) is 2.79. The minimum Gasteiger partial charge on any atom is -0.329 e. The van der Waals surface area contributed by atoms with Crippen LogP contribution >= 0.6 is 27.3 Å². The van der Waals surface area contributed by atoms with Crippen LogP contribution in [0.2, 0.25) is 0 Å². The summed E-state index contributed by atoms with van der Waals surface area (Å²) < 4.78 is 1.20. The Balaban J connectivity index is 2.16. The van der Waals surface area contributed by atoms with Crippen molar-refractivity contribution in [3.8, 4) is 0 Å². The van der Waals surface area contributed by atoms with Crippen LogP contribution in [0.15, 0.2) is 15.9 Å². The maximum absolute atomic E-state index is 5.84. The summed E-state index contributed by atoms with van der Waals surface area (Å²) in [5, 5.41) is 2.11. The van der Waals surface area contributed by atoms with Gasteiger partial charge >= 0.3 is 0 Å². The Kier molecular flexibility index (Phi) is 3.27. The summed E-state index contributed by atoms with van der Waals surface area (Å²) >= 11 is 5.36. The number of likely N-dealkylation sites (N-methyl/N-ethyl adjacent to an activating group) is 1. The van der Waals surface area contributed by atoms with Crippen molar-refractivity contribution >= 4 is 27.3 Å². The van der Waals surface area contributed by atoms with Gasteiger partial charge in [-0.1, -0.05) is 0 Å². The van der Waals surface area contributed by atoms with E-state index in [1.54, 1.807) is 11.3 Å². The third-order valence-corrected chi connectivity index (χ3v) is 4.76. The highest BCUT2D eigenvalue weighted by molar-refractivity contribution is 9.10. The molecule has 1 aromatic rings. The minimum atomic E-state index is 0.386. The Labute approximate surface area is 97.2 Å². The van der Waals surface area contributed by atoms with Crippen molar-refractivity contribution in [3.05, 3.63) is 20.8 Å². The molecule has 1 saturated carbocycles. The van der Waals surface area contributed by atoms with E-state index in [0.29, 0.717) is 12.6 Å². The van der Waals surface area contributed by atoms with Crippen LogP contribution in [0, 0.1) is 0 Å².